The lowest BCUT2D eigenvalue weighted by Gasteiger charge is -2.25. The summed E-state index contributed by atoms with van der Waals surface area (Å²) in [5.41, 5.74) is 5.19. The molecule has 2 atom stereocenters. The van der Waals surface area contributed by atoms with Crippen molar-refractivity contribution in [1.29, 1.82) is 0 Å². The molecule has 4 amide bonds. The Morgan fingerprint density at radius 1 is 1.24 bits per heavy atom. The SMILES string of the molecule is CC(C)(C(N)=O)C(=O)NCCCNc1nc(Nc2cccc(NC(=O)N3CC4CC3C(=O)O4)c2)ncc1Br. The molecule has 2 unspecified atom stereocenters. The molecule has 0 aliphatic carbocycles. The van der Waals surface area contributed by atoms with Gasteiger partial charge in [0.1, 0.15) is 23.4 Å². The fourth-order valence-corrected chi connectivity index (χ4v) is 4.29. The minimum absolute atomic E-state index is 0.226. The van der Waals surface area contributed by atoms with Crippen molar-refractivity contribution in [3.8, 4) is 0 Å². The van der Waals surface area contributed by atoms with Gasteiger partial charge in [-0.25, -0.2) is 14.6 Å². The lowest BCUT2D eigenvalue weighted by Crippen LogP contribution is -2.46. The van der Waals surface area contributed by atoms with Gasteiger partial charge in [-0.3, -0.25) is 9.59 Å². The number of carbonyl (C=O) groups excluding carboxylic acids is 4. The summed E-state index contributed by atoms with van der Waals surface area (Å²) >= 11 is 3.42. The maximum atomic E-state index is 12.7. The molecule has 13 nitrogen and oxygen atoms in total. The van der Waals surface area contributed by atoms with E-state index in [-0.39, 0.29) is 18.1 Å². The Morgan fingerprint density at radius 2 is 2.00 bits per heavy atom. The third-order valence-corrected chi connectivity index (χ3v) is 6.89. The van der Waals surface area contributed by atoms with Crippen LogP contribution in [0.25, 0.3) is 0 Å². The summed E-state index contributed by atoms with van der Waals surface area (Å²) in [5, 5.41) is 11.8. The van der Waals surface area contributed by atoms with Crippen molar-refractivity contribution in [1.82, 2.24) is 20.2 Å². The molecule has 0 spiro atoms. The molecular formula is C24H29BrN8O5. The molecule has 2 bridgehead atoms. The van der Waals surface area contributed by atoms with Crippen LogP contribution in [-0.4, -0.2) is 70.5 Å². The van der Waals surface area contributed by atoms with Crippen LogP contribution >= 0.6 is 15.9 Å². The van der Waals surface area contributed by atoms with E-state index < -0.39 is 23.3 Å². The largest absolute Gasteiger partial charge is 0.459 e. The van der Waals surface area contributed by atoms with Gasteiger partial charge in [-0.1, -0.05) is 6.07 Å². The van der Waals surface area contributed by atoms with Crippen LogP contribution in [0, 0.1) is 5.41 Å². The molecule has 202 valence electrons. The van der Waals surface area contributed by atoms with Crippen LogP contribution in [0.3, 0.4) is 0 Å². The van der Waals surface area contributed by atoms with Crippen molar-refractivity contribution in [3.05, 3.63) is 34.9 Å². The zero-order valence-corrected chi connectivity index (χ0v) is 22.5. The lowest BCUT2D eigenvalue weighted by atomic mass is 9.91. The van der Waals surface area contributed by atoms with Crippen molar-refractivity contribution >= 4 is 62.9 Å². The van der Waals surface area contributed by atoms with Gasteiger partial charge >= 0.3 is 12.0 Å². The van der Waals surface area contributed by atoms with Gasteiger partial charge in [0, 0.05) is 37.1 Å². The maximum absolute atomic E-state index is 12.7. The van der Waals surface area contributed by atoms with E-state index in [9.17, 15) is 19.2 Å². The number of benzene rings is 1. The standard InChI is InChI=1S/C24H29BrN8O5/c1-24(2,20(26)35)21(36)28-8-4-7-27-18-16(25)11-29-22(32-18)30-13-5-3-6-14(9-13)31-23(37)33-12-15-10-17(33)19(34)38-15/h3,5-6,9,11,15,17H,4,7-8,10,12H2,1-2H3,(H2,26,35)(H,28,36)(H,31,37)(H2,27,29,30,32). The molecule has 4 rings (SSSR count). The predicted octanol–water partition coefficient (Wildman–Crippen LogP) is 1.94. The molecule has 6 N–H and O–H groups in total. The molecule has 2 aliphatic rings. The number of amides is 4. The third-order valence-electron chi connectivity index (χ3n) is 6.31. The summed E-state index contributed by atoms with van der Waals surface area (Å²) in [6.45, 7) is 4.20. The number of urea groups is 1. The summed E-state index contributed by atoms with van der Waals surface area (Å²) in [6, 6.07) is 6.18. The highest BCUT2D eigenvalue weighted by Crippen LogP contribution is 2.30. The molecule has 38 heavy (non-hydrogen) atoms. The van der Waals surface area contributed by atoms with E-state index in [0.29, 0.717) is 60.1 Å². The van der Waals surface area contributed by atoms with Crippen molar-refractivity contribution in [2.24, 2.45) is 11.1 Å². The first kappa shape index (κ1) is 27.1. The number of halogens is 1. The number of hydrogen-bond acceptors (Lipinski definition) is 9. The van der Waals surface area contributed by atoms with Gasteiger partial charge in [-0.2, -0.15) is 4.98 Å². The molecule has 3 heterocycles. The Labute approximate surface area is 227 Å². The van der Waals surface area contributed by atoms with E-state index in [1.165, 1.54) is 18.7 Å². The number of anilines is 4. The topological polar surface area (TPSA) is 181 Å². The number of nitrogens with two attached hydrogens (primary N) is 1. The third kappa shape index (κ3) is 6.13. The monoisotopic (exact) mass is 588 g/mol. The Kier molecular flexibility index (Phi) is 7.99. The fourth-order valence-electron chi connectivity index (χ4n) is 3.95. The van der Waals surface area contributed by atoms with Gasteiger partial charge < -0.3 is 36.6 Å². The highest BCUT2D eigenvalue weighted by Gasteiger charge is 2.48. The number of fused-ring (bicyclic) bond motifs is 2. The number of rotatable bonds is 10. The van der Waals surface area contributed by atoms with Crippen molar-refractivity contribution in [3.63, 3.8) is 0 Å². The summed E-state index contributed by atoms with van der Waals surface area (Å²) in [4.78, 5) is 58.2. The Bertz CT molecular complexity index is 1260. The quantitative estimate of drug-likeness (QED) is 0.157. The number of carbonyl (C=O) groups is 4. The average Bonchev–Trinajstić information content (AvgIpc) is 3.45. The number of aromatic nitrogens is 2. The van der Waals surface area contributed by atoms with Crippen molar-refractivity contribution in [2.75, 3.05) is 35.6 Å². The molecule has 2 aromatic rings. The molecule has 0 saturated carbocycles. The van der Waals surface area contributed by atoms with E-state index in [2.05, 4.69) is 47.2 Å². The second-order valence-corrected chi connectivity index (χ2v) is 10.4. The predicted molar refractivity (Wildman–Crippen MR) is 143 cm³/mol. The zero-order chi connectivity index (χ0) is 27.4. The zero-order valence-electron chi connectivity index (χ0n) is 20.9. The summed E-state index contributed by atoms with van der Waals surface area (Å²) in [6.07, 6.45) is 2.49. The van der Waals surface area contributed by atoms with Crippen LogP contribution in [0.2, 0.25) is 0 Å². The smallest absolute Gasteiger partial charge is 0.329 e. The van der Waals surface area contributed by atoms with Crippen LogP contribution in [-0.2, 0) is 19.1 Å². The second-order valence-electron chi connectivity index (χ2n) is 9.51. The van der Waals surface area contributed by atoms with Crippen LogP contribution in [0.4, 0.5) is 27.9 Å². The highest BCUT2D eigenvalue weighted by atomic mass is 79.9. The van der Waals surface area contributed by atoms with Gasteiger partial charge in [0.25, 0.3) is 0 Å². The molecular weight excluding hydrogens is 560 g/mol. The van der Waals surface area contributed by atoms with E-state index in [4.69, 9.17) is 10.5 Å². The summed E-state index contributed by atoms with van der Waals surface area (Å²) in [5.74, 6) is -0.591. The Hall–Kier alpha value is -3.94. The van der Waals surface area contributed by atoms with E-state index in [1.807, 2.05) is 0 Å². The molecule has 2 aliphatic heterocycles. The fraction of sp³-hybridized carbons (Fsp3) is 0.417. The van der Waals surface area contributed by atoms with E-state index >= 15 is 0 Å². The summed E-state index contributed by atoms with van der Waals surface area (Å²) in [7, 11) is 0. The van der Waals surface area contributed by atoms with Gasteiger partial charge in [0.05, 0.1) is 11.0 Å². The molecule has 1 aromatic carbocycles. The lowest BCUT2D eigenvalue weighted by molar-refractivity contribution is -0.149. The first-order valence-corrected chi connectivity index (χ1v) is 12.8. The number of likely N-dealkylation sites (tertiary alicyclic amines) is 1. The average molecular weight is 589 g/mol. The number of nitrogens with zero attached hydrogens (tertiary/aromatic N) is 3. The van der Waals surface area contributed by atoms with Gasteiger partial charge in [0.2, 0.25) is 17.8 Å². The maximum Gasteiger partial charge on any atom is 0.329 e. The first-order valence-electron chi connectivity index (χ1n) is 12.0. The molecule has 2 fully saturated rings. The highest BCUT2D eigenvalue weighted by molar-refractivity contribution is 9.10. The molecule has 14 heteroatoms. The first-order chi connectivity index (χ1) is 18.0. The van der Waals surface area contributed by atoms with Crippen LogP contribution in [0.15, 0.2) is 34.9 Å². The number of ether oxygens (including phenoxy) is 1. The Balaban J connectivity index is 1.29. The van der Waals surface area contributed by atoms with Crippen LogP contribution in [0.5, 0.6) is 0 Å². The molecule has 1 aromatic heterocycles. The number of primary amides is 1. The van der Waals surface area contributed by atoms with Crippen LogP contribution in [0.1, 0.15) is 26.7 Å². The number of esters is 1. The van der Waals surface area contributed by atoms with Crippen molar-refractivity contribution < 1.29 is 23.9 Å². The number of nitrogens with one attached hydrogen (secondary N) is 4. The summed E-state index contributed by atoms with van der Waals surface area (Å²) < 4.78 is 5.79. The Morgan fingerprint density at radius 3 is 2.71 bits per heavy atom. The van der Waals surface area contributed by atoms with E-state index in [1.54, 1.807) is 30.5 Å². The van der Waals surface area contributed by atoms with Gasteiger partial charge in [-0.05, 0) is 54.4 Å². The minimum atomic E-state index is -1.27. The molecule has 2 saturated heterocycles. The number of morpholine rings is 1. The second kappa shape index (κ2) is 11.2. The van der Waals surface area contributed by atoms with E-state index in [0.717, 1.165) is 0 Å². The number of hydrogen-bond donors (Lipinski definition) is 5. The molecule has 0 radical (unpaired) electrons. The van der Waals surface area contributed by atoms with Crippen molar-refractivity contribution in [2.45, 2.75) is 38.8 Å². The minimum Gasteiger partial charge on any atom is -0.459 e. The van der Waals surface area contributed by atoms with Gasteiger partial charge in [-0.15, -0.1) is 0 Å². The van der Waals surface area contributed by atoms with Gasteiger partial charge in [0.15, 0.2) is 0 Å². The normalized spacial score (nSPS) is 18.1. The van der Waals surface area contributed by atoms with Crippen LogP contribution < -0.4 is 27.0 Å².